The topological polar surface area (TPSA) is 73.8 Å². The van der Waals surface area contributed by atoms with Crippen molar-refractivity contribution < 1.29 is 8.42 Å². The minimum absolute atomic E-state index is 0. The molecule has 9 heteroatoms. The third kappa shape index (κ3) is 6.04. The highest BCUT2D eigenvalue weighted by atomic mass is 127. The first-order valence-electron chi connectivity index (χ1n) is 9.16. The van der Waals surface area contributed by atoms with Crippen molar-refractivity contribution >= 4 is 55.9 Å². The second kappa shape index (κ2) is 9.89. The van der Waals surface area contributed by atoms with Gasteiger partial charge in [0.05, 0.1) is 5.75 Å². The van der Waals surface area contributed by atoms with Crippen LogP contribution < -0.4 is 10.6 Å². The molecule has 2 atom stereocenters. The fourth-order valence-electron chi connectivity index (χ4n) is 3.43. The van der Waals surface area contributed by atoms with Crippen molar-refractivity contribution in [3.05, 3.63) is 34.3 Å². The van der Waals surface area contributed by atoms with Crippen LogP contribution in [-0.2, 0) is 10.0 Å². The largest absolute Gasteiger partial charge is 0.354 e. The van der Waals surface area contributed by atoms with Crippen LogP contribution in [0.4, 0.5) is 0 Å². The van der Waals surface area contributed by atoms with Crippen LogP contribution in [0.15, 0.2) is 33.7 Å². The SMILES string of the molecule is CCS(=O)(=O)N1CCC(NC(=NC)NC2CC2c2ccc(Br)cc2)CC1.I. The van der Waals surface area contributed by atoms with Gasteiger partial charge in [-0.2, -0.15) is 0 Å². The normalized spacial score (nSPS) is 24.2. The molecule has 0 aromatic heterocycles. The maximum Gasteiger partial charge on any atom is 0.213 e. The summed E-state index contributed by atoms with van der Waals surface area (Å²) in [5.41, 5.74) is 1.35. The zero-order valence-corrected chi connectivity index (χ0v) is 20.4. The van der Waals surface area contributed by atoms with Crippen molar-refractivity contribution in [2.75, 3.05) is 25.9 Å². The average molecular weight is 571 g/mol. The van der Waals surface area contributed by atoms with Crippen molar-refractivity contribution in [3.8, 4) is 0 Å². The summed E-state index contributed by atoms with van der Waals surface area (Å²) in [6.07, 6.45) is 2.72. The second-order valence-corrected chi connectivity index (χ2v) is 10.1. The van der Waals surface area contributed by atoms with Gasteiger partial charge in [0.15, 0.2) is 5.96 Å². The molecule has 1 saturated heterocycles. The molecule has 27 heavy (non-hydrogen) atoms. The highest BCUT2D eigenvalue weighted by Crippen LogP contribution is 2.41. The molecule has 2 aliphatic rings. The third-order valence-electron chi connectivity index (χ3n) is 5.19. The summed E-state index contributed by atoms with van der Waals surface area (Å²) in [6, 6.07) is 9.15. The summed E-state index contributed by atoms with van der Waals surface area (Å²) in [5.74, 6) is 1.51. The monoisotopic (exact) mass is 570 g/mol. The summed E-state index contributed by atoms with van der Waals surface area (Å²) in [4.78, 5) is 4.34. The van der Waals surface area contributed by atoms with E-state index in [0.29, 0.717) is 25.0 Å². The van der Waals surface area contributed by atoms with Gasteiger partial charge in [0.2, 0.25) is 10.0 Å². The van der Waals surface area contributed by atoms with Crippen LogP contribution in [0.3, 0.4) is 0 Å². The summed E-state index contributed by atoms with van der Waals surface area (Å²) in [5, 5.41) is 6.96. The summed E-state index contributed by atoms with van der Waals surface area (Å²) in [6.45, 7) is 2.86. The van der Waals surface area contributed by atoms with Crippen LogP contribution in [0, 0.1) is 0 Å². The second-order valence-electron chi connectivity index (χ2n) is 6.94. The third-order valence-corrected chi connectivity index (χ3v) is 7.60. The molecule has 1 heterocycles. The maximum atomic E-state index is 12.0. The summed E-state index contributed by atoms with van der Waals surface area (Å²) in [7, 11) is -1.29. The Morgan fingerprint density at radius 2 is 1.85 bits per heavy atom. The van der Waals surface area contributed by atoms with Crippen molar-refractivity contribution in [2.24, 2.45) is 4.99 Å². The van der Waals surface area contributed by atoms with E-state index in [9.17, 15) is 8.42 Å². The quantitative estimate of drug-likeness (QED) is 0.324. The molecule has 0 radical (unpaired) electrons. The van der Waals surface area contributed by atoms with Gasteiger partial charge >= 0.3 is 0 Å². The molecular weight excluding hydrogens is 543 g/mol. The van der Waals surface area contributed by atoms with E-state index < -0.39 is 10.0 Å². The van der Waals surface area contributed by atoms with E-state index in [1.54, 1.807) is 18.3 Å². The molecule has 1 aliphatic carbocycles. The van der Waals surface area contributed by atoms with Crippen LogP contribution >= 0.6 is 39.9 Å². The van der Waals surface area contributed by atoms with Gasteiger partial charge in [-0.05, 0) is 43.9 Å². The number of hydrogen-bond acceptors (Lipinski definition) is 3. The minimum atomic E-state index is -3.07. The lowest BCUT2D eigenvalue weighted by Gasteiger charge is -2.32. The van der Waals surface area contributed by atoms with Gasteiger partial charge in [-0.3, -0.25) is 4.99 Å². The molecule has 2 N–H and O–H groups in total. The number of benzene rings is 1. The van der Waals surface area contributed by atoms with Crippen LogP contribution in [-0.4, -0.2) is 56.7 Å². The van der Waals surface area contributed by atoms with Gasteiger partial charge in [-0.15, -0.1) is 24.0 Å². The number of guanidine groups is 1. The molecular formula is C18H28BrIN4O2S. The molecule has 1 aliphatic heterocycles. The van der Waals surface area contributed by atoms with Crippen molar-refractivity contribution in [3.63, 3.8) is 0 Å². The molecule has 1 aromatic rings. The first-order valence-corrected chi connectivity index (χ1v) is 11.6. The van der Waals surface area contributed by atoms with Gasteiger partial charge in [0.25, 0.3) is 0 Å². The number of nitrogens with one attached hydrogen (secondary N) is 2. The van der Waals surface area contributed by atoms with Gasteiger partial charge in [0.1, 0.15) is 0 Å². The lowest BCUT2D eigenvalue weighted by atomic mass is 10.1. The van der Waals surface area contributed by atoms with Crippen molar-refractivity contribution in [2.45, 2.75) is 44.2 Å². The number of piperidine rings is 1. The van der Waals surface area contributed by atoms with Crippen LogP contribution in [0.2, 0.25) is 0 Å². The molecule has 6 nitrogen and oxygen atoms in total. The maximum absolute atomic E-state index is 12.0. The smallest absolute Gasteiger partial charge is 0.213 e. The first-order chi connectivity index (χ1) is 12.4. The van der Waals surface area contributed by atoms with Gasteiger partial charge in [-0.1, -0.05) is 28.1 Å². The Morgan fingerprint density at radius 3 is 2.41 bits per heavy atom. The Balaban J connectivity index is 0.00000261. The molecule has 1 aromatic carbocycles. The van der Waals surface area contributed by atoms with E-state index >= 15 is 0 Å². The Hall–Kier alpha value is -0.390. The Kier molecular flexibility index (Phi) is 8.38. The van der Waals surface area contributed by atoms with E-state index in [1.165, 1.54) is 5.56 Å². The fraction of sp³-hybridized carbons (Fsp3) is 0.611. The zero-order chi connectivity index (χ0) is 18.7. The highest BCUT2D eigenvalue weighted by molar-refractivity contribution is 14.0. The van der Waals surface area contributed by atoms with E-state index in [1.807, 2.05) is 0 Å². The lowest BCUT2D eigenvalue weighted by molar-refractivity contribution is 0.306. The Bertz CT molecular complexity index is 749. The molecule has 0 amide bonds. The molecule has 0 bridgehead atoms. The number of halogens is 2. The predicted octanol–water partition coefficient (Wildman–Crippen LogP) is 2.90. The molecule has 2 fully saturated rings. The van der Waals surface area contributed by atoms with Crippen molar-refractivity contribution in [1.82, 2.24) is 14.9 Å². The van der Waals surface area contributed by atoms with E-state index in [-0.39, 0.29) is 35.8 Å². The average Bonchev–Trinajstić information content (AvgIpc) is 3.41. The number of nitrogens with zero attached hydrogens (tertiary/aromatic N) is 2. The minimum Gasteiger partial charge on any atom is -0.354 e. The fourth-order valence-corrected chi connectivity index (χ4v) is 4.83. The highest BCUT2D eigenvalue weighted by Gasteiger charge is 2.39. The predicted molar refractivity (Wildman–Crippen MR) is 124 cm³/mol. The van der Waals surface area contributed by atoms with E-state index in [2.05, 4.69) is 55.8 Å². The summed E-state index contributed by atoms with van der Waals surface area (Å²) >= 11 is 3.47. The standard InChI is InChI=1S/C18H27BrN4O2S.HI/c1-3-26(24,25)23-10-8-15(9-11-23)21-18(20-2)22-17-12-16(17)13-4-6-14(19)7-5-13;/h4-7,15-17H,3,8-12H2,1-2H3,(H2,20,21,22);1H. The molecule has 2 unspecified atom stereocenters. The Morgan fingerprint density at radius 1 is 1.22 bits per heavy atom. The summed E-state index contributed by atoms with van der Waals surface area (Å²) < 4.78 is 26.6. The molecule has 0 spiro atoms. The van der Waals surface area contributed by atoms with Gasteiger partial charge in [-0.25, -0.2) is 12.7 Å². The van der Waals surface area contributed by atoms with Crippen LogP contribution in [0.25, 0.3) is 0 Å². The van der Waals surface area contributed by atoms with Gasteiger partial charge in [0, 0.05) is 42.6 Å². The van der Waals surface area contributed by atoms with E-state index in [4.69, 9.17) is 0 Å². The molecule has 1 saturated carbocycles. The number of sulfonamides is 1. The van der Waals surface area contributed by atoms with Gasteiger partial charge < -0.3 is 10.6 Å². The number of aliphatic imine (C=N–C) groups is 1. The van der Waals surface area contributed by atoms with Crippen LogP contribution in [0.1, 0.15) is 37.7 Å². The first kappa shape index (κ1) is 22.9. The van der Waals surface area contributed by atoms with Crippen LogP contribution in [0.5, 0.6) is 0 Å². The number of rotatable bonds is 5. The van der Waals surface area contributed by atoms with Crippen molar-refractivity contribution in [1.29, 1.82) is 0 Å². The Labute approximate surface area is 187 Å². The molecule has 152 valence electrons. The molecule has 3 rings (SSSR count). The van der Waals surface area contributed by atoms with E-state index in [0.717, 1.165) is 29.7 Å². The number of hydrogen-bond donors (Lipinski definition) is 2. The zero-order valence-electron chi connectivity index (χ0n) is 15.7. The lowest BCUT2D eigenvalue weighted by Crippen LogP contribution is -2.50.